The van der Waals surface area contributed by atoms with Gasteiger partial charge in [0.1, 0.15) is 5.82 Å². The highest BCUT2D eigenvalue weighted by molar-refractivity contribution is 7.91. The Morgan fingerprint density at radius 3 is 1.38 bits per heavy atom. The van der Waals surface area contributed by atoms with Crippen molar-refractivity contribution in [1.82, 2.24) is 0 Å². The molecule has 0 atom stereocenters. The van der Waals surface area contributed by atoms with Crippen LogP contribution in [0.2, 0.25) is 10.0 Å². The van der Waals surface area contributed by atoms with Gasteiger partial charge in [-0.15, -0.1) is 0 Å². The largest absolute Gasteiger partial charge is 0.465 e. The molecule has 0 amide bonds. The van der Waals surface area contributed by atoms with E-state index in [0.29, 0.717) is 26.7 Å². The Morgan fingerprint density at radius 1 is 0.486 bits per heavy atom. The molecule has 0 unspecified atom stereocenters. The molecule has 0 radical (unpaired) electrons. The number of hydrogen-bond acceptors (Lipinski definition) is 15. The fourth-order valence-electron chi connectivity index (χ4n) is 6.85. The van der Waals surface area contributed by atoms with E-state index in [1.54, 1.807) is 66.7 Å². The molecule has 0 saturated carbocycles. The highest BCUT2D eigenvalue weighted by atomic mass is 35.5. The number of esters is 2. The first-order chi connectivity index (χ1) is 35.0. The summed E-state index contributed by atoms with van der Waals surface area (Å²) < 4.78 is 97.8. The molecule has 0 bridgehead atoms. The van der Waals surface area contributed by atoms with Crippen LogP contribution in [0.15, 0.2) is 178 Å². The highest BCUT2D eigenvalue weighted by Gasteiger charge is 2.24. The number of ketones is 1. The number of methoxy groups -OCH3 is 2. The van der Waals surface area contributed by atoms with Gasteiger partial charge in [-0.3, -0.25) is 25.0 Å². The van der Waals surface area contributed by atoms with Gasteiger partial charge in [-0.1, -0.05) is 102 Å². The summed E-state index contributed by atoms with van der Waals surface area (Å²) in [5.74, 6) is -3.45. The summed E-state index contributed by atoms with van der Waals surface area (Å²) in [6.07, 6.45) is 0.00697. The third-order valence-corrected chi connectivity index (χ3v) is 16.1. The van der Waals surface area contributed by atoms with E-state index >= 15 is 0 Å². The van der Waals surface area contributed by atoms with Gasteiger partial charge in [-0.2, -0.15) is 0 Å². The van der Waals surface area contributed by atoms with Crippen LogP contribution >= 0.6 is 23.2 Å². The van der Waals surface area contributed by atoms with E-state index in [1.165, 1.54) is 87.0 Å². The van der Waals surface area contributed by atoms with E-state index in [1.807, 2.05) is 0 Å². The van der Waals surface area contributed by atoms with Crippen molar-refractivity contribution < 1.29 is 63.3 Å². The Hall–Kier alpha value is -7.69. The number of carbonyl (C=O) groups is 3. The maximum absolute atomic E-state index is 13.4. The highest BCUT2D eigenvalue weighted by Crippen LogP contribution is 2.27. The molecule has 0 spiro atoms. The maximum atomic E-state index is 13.4. The van der Waals surface area contributed by atoms with E-state index < -0.39 is 74.4 Å². The molecule has 74 heavy (non-hydrogen) atoms. The number of rotatable bonds is 16. The van der Waals surface area contributed by atoms with Crippen LogP contribution in [-0.2, 0) is 62.7 Å². The molecular formula is C51H41Cl2FN2O15S3. The lowest BCUT2D eigenvalue weighted by molar-refractivity contribution is -0.385. The van der Waals surface area contributed by atoms with Crippen LogP contribution in [0.1, 0.15) is 53.3 Å². The fraction of sp³-hybridized carbons (Fsp3) is 0.118. The van der Waals surface area contributed by atoms with Crippen molar-refractivity contribution >= 4 is 81.8 Å². The predicted molar refractivity (Wildman–Crippen MR) is 272 cm³/mol. The zero-order valence-corrected chi connectivity index (χ0v) is 42.8. The molecule has 0 aliphatic carbocycles. The van der Waals surface area contributed by atoms with Crippen molar-refractivity contribution in [3.05, 3.63) is 239 Å². The Bertz CT molecular complexity index is 3600. The number of nitrogens with zero attached hydrogens (tertiary/aromatic N) is 2. The zero-order chi connectivity index (χ0) is 54.4. The minimum atomic E-state index is -3.85. The summed E-state index contributed by atoms with van der Waals surface area (Å²) in [7, 11) is -9.00. The van der Waals surface area contributed by atoms with Crippen molar-refractivity contribution in [2.24, 2.45) is 0 Å². The second-order valence-corrected chi connectivity index (χ2v) is 22.3. The number of sulfone groups is 3. The molecule has 7 aromatic rings. The van der Waals surface area contributed by atoms with Gasteiger partial charge >= 0.3 is 11.9 Å². The monoisotopic (exact) mass is 1110 g/mol. The summed E-state index contributed by atoms with van der Waals surface area (Å²) >= 11 is 12.0. The lowest BCUT2D eigenvalue weighted by atomic mass is 9.99. The minimum Gasteiger partial charge on any atom is -0.465 e. The Morgan fingerprint density at radius 2 is 0.919 bits per heavy atom. The smallest absolute Gasteiger partial charge is 0.338 e. The Balaban J connectivity index is 0.000000207. The van der Waals surface area contributed by atoms with Crippen LogP contribution in [0.25, 0.3) is 0 Å². The van der Waals surface area contributed by atoms with Gasteiger partial charge in [0.05, 0.1) is 67.1 Å². The molecule has 0 saturated heterocycles. The van der Waals surface area contributed by atoms with Crippen LogP contribution in [0.4, 0.5) is 15.8 Å². The van der Waals surface area contributed by atoms with Crippen LogP contribution in [-0.4, -0.2) is 67.0 Å². The first kappa shape index (κ1) is 57.2. The third kappa shape index (κ3) is 15.4. The van der Waals surface area contributed by atoms with Gasteiger partial charge in [-0.25, -0.2) is 39.2 Å². The summed E-state index contributed by atoms with van der Waals surface area (Å²) in [5.41, 5.74) is 1.61. The van der Waals surface area contributed by atoms with Crippen molar-refractivity contribution in [2.45, 2.75) is 38.4 Å². The molecule has 23 heteroatoms. The van der Waals surface area contributed by atoms with Crippen molar-refractivity contribution in [3.63, 3.8) is 0 Å². The summed E-state index contributed by atoms with van der Waals surface area (Å²) in [5, 5.41) is 22.2. The molecule has 7 rings (SSSR count). The number of carbonyl (C=O) groups excluding carboxylic acids is 3. The standard InChI is InChI=1S/C21H15Cl2FO3S.2C15H13NO6S/c22-16-9-8-14(20(23)11-16)10-21(25)19-7-2-1-4-15(19)13-28(26,27)18-6-3-5-17(24)12-18;1-22-15(17)14-8-3-2-5-11(14)10-23(20,21)13-7-4-6-12(9-13)16(18)19;1-22-15(17)14-5-3-2-4-11(14)10-23(20,21)13-8-6-12(7-9-13)16(18)19/h1-9,11-12H,10,13H2;2*2-9H,10H2,1H3. The van der Waals surface area contributed by atoms with Crippen molar-refractivity contribution in [3.8, 4) is 0 Å². The van der Waals surface area contributed by atoms with Crippen LogP contribution < -0.4 is 0 Å². The molecule has 0 aliphatic heterocycles. The van der Waals surface area contributed by atoms with Crippen molar-refractivity contribution in [2.75, 3.05) is 14.2 Å². The summed E-state index contributed by atoms with van der Waals surface area (Å²) in [4.78, 5) is 55.9. The zero-order valence-electron chi connectivity index (χ0n) is 38.8. The van der Waals surface area contributed by atoms with Gasteiger partial charge in [0.2, 0.25) is 0 Å². The van der Waals surface area contributed by atoms with Crippen LogP contribution in [0.3, 0.4) is 0 Å². The lowest BCUT2D eigenvalue weighted by Gasteiger charge is -2.11. The Kier molecular flexibility index (Phi) is 19.6. The predicted octanol–water partition coefficient (Wildman–Crippen LogP) is 10.2. The molecule has 0 heterocycles. The fourth-order valence-corrected chi connectivity index (χ4v) is 11.5. The van der Waals surface area contributed by atoms with E-state index in [4.69, 9.17) is 23.2 Å². The molecular weight excluding hydrogens is 1070 g/mol. The van der Waals surface area contributed by atoms with Crippen LogP contribution in [0.5, 0.6) is 0 Å². The van der Waals surface area contributed by atoms with E-state index in [9.17, 15) is 64.3 Å². The number of halogens is 3. The molecule has 0 aromatic heterocycles. The molecule has 0 fully saturated rings. The number of ether oxygens (including phenoxy) is 2. The van der Waals surface area contributed by atoms with Gasteiger partial charge in [-0.05, 0) is 82.9 Å². The number of nitro groups is 2. The number of benzene rings is 7. The van der Waals surface area contributed by atoms with Gasteiger partial charge in [0, 0.05) is 46.3 Å². The van der Waals surface area contributed by atoms with E-state index in [2.05, 4.69) is 9.47 Å². The van der Waals surface area contributed by atoms with E-state index in [0.717, 1.165) is 24.3 Å². The molecule has 17 nitrogen and oxygen atoms in total. The average Bonchev–Trinajstić information content (AvgIpc) is 3.37. The normalized spacial score (nSPS) is 11.1. The molecule has 384 valence electrons. The maximum Gasteiger partial charge on any atom is 0.338 e. The second kappa shape index (κ2) is 25.3. The van der Waals surface area contributed by atoms with Gasteiger partial charge in [0.25, 0.3) is 11.4 Å². The minimum absolute atomic E-state index is 0.00697. The first-order valence-electron chi connectivity index (χ1n) is 21.3. The first-order valence-corrected chi connectivity index (χ1v) is 27.0. The SMILES string of the molecule is COC(=O)c1ccccc1CS(=O)(=O)c1ccc([N+](=O)[O-])cc1.COC(=O)c1ccccc1CS(=O)(=O)c1cccc([N+](=O)[O-])c1.O=C(Cc1ccc(Cl)cc1Cl)c1ccccc1CS(=O)(=O)c1cccc(F)c1. The molecule has 0 aliphatic rings. The number of non-ortho nitro benzene ring substituents is 2. The van der Waals surface area contributed by atoms with E-state index in [-0.39, 0.29) is 60.5 Å². The second-order valence-electron chi connectivity index (χ2n) is 15.5. The van der Waals surface area contributed by atoms with Gasteiger partial charge in [0.15, 0.2) is 35.3 Å². The molecule has 7 aromatic carbocycles. The number of nitro benzene ring substituents is 2. The third-order valence-electron chi connectivity index (χ3n) is 10.5. The number of Topliss-reactive ketones (excluding diaryl/α,β-unsaturated/α-hetero) is 1. The average molecular weight is 1110 g/mol. The lowest BCUT2D eigenvalue weighted by Crippen LogP contribution is -2.12. The quantitative estimate of drug-likeness (QED) is 0.0377. The van der Waals surface area contributed by atoms with Crippen molar-refractivity contribution in [1.29, 1.82) is 0 Å². The van der Waals surface area contributed by atoms with Crippen LogP contribution in [0, 0.1) is 26.0 Å². The summed E-state index contributed by atoms with van der Waals surface area (Å²) in [6.45, 7) is 0. The number of hydrogen-bond donors (Lipinski definition) is 0. The molecule has 0 N–H and O–H groups in total. The topological polar surface area (TPSA) is 258 Å². The van der Waals surface area contributed by atoms with Gasteiger partial charge < -0.3 is 9.47 Å². The Labute approximate surface area is 434 Å². The summed E-state index contributed by atoms with van der Waals surface area (Å²) in [6, 6.07) is 37.9.